The number of thiophene rings is 1. The average Bonchev–Trinajstić information content (AvgIpc) is 3.11. The summed E-state index contributed by atoms with van der Waals surface area (Å²) in [6.07, 6.45) is 2.38. The van der Waals surface area contributed by atoms with Gasteiger partial charge in [-0.05, 0) is 54.8 Å². The van der Waals surface area contributed by atoms with Crippen molar-refractivity contribution in [2.24, 2.45) is 0 Å². The van der Waals surface area contributed by atoms with E-state index in [1.54, 1.807) is 11.3 Å². The minimum atomic E-state index is -0.294. The van der Waals surface area contributed by atoms with E-state index in [9.17, 15) is 4.79 Å². The average molecular weight is 482 g/mol. The SMILES string of the molecule is CCc1sc2ncnc(N)c2c1-c1ccc(NC(=O)Nc2ccc(Br)c(C)c2)cc1. The van der Waals surface area contributed by atoms with Gasteiger partial charge < -0.3 is 16.4 Å². The minimum absolute atomic E-state index is 0.294. The molecule has 2 amide bonds. The molecular weight excluding hydrogens is 462 g/mol. The van der Waals surface area contributed by atoms with Crippen LogP contribution in [0.2, 0.25) is 0 Å². The van der Waals surface area contributed by atoms with Gasteiger partial charge in [-0.1, -0.05) is 35.0 Å². The van der Waals surface area contributed by atoms with E-state index >= 15 is 0 Å². The molecular formula is C22H20BrN5OS. The molecule has 0 aliphatic carbocycles. The fraction of sp³-hybridized carbons (Fsp3) is 0.136. The number of fused-ring (bicyclic) bond motifs is 1. The molecule has 0 atom stereocenters. The third-order valence-corrected chi connectivity index (χ3v) is 6.89. The predicted octanol–water partition coefficient (Wildman–Crippen LogP) is 6.22. The van der Waals surface area contributed by atoms with Crippen molar-refractivity contribution >= 4 is 60.7 Å². The first-order valence-corrected chi connectivity index (χ1v) is 11.0. The first-order chi connectivity index (χ1) is 14.5. The number of anilines is 3. The Morgan fingerprint density at radius 2 is 1.80 bits per heavy atom. The molecule has 0 aliphatic rings. The van der Waals surface area contributed by atoms with Crippen LogP contribution in [0.3, 0.4) is 0 Å². The molecule has 6 nitrogen and oxygen atoms in total. The van der Waals surface area contributed by atoms with Crippen molar-refractivity contribution in [1.82, 2.24) is 9.97 Å². The van der Waals surface area contributed by atoms with Crippen molar-refractivity contribution in [3.05, 3.63) is 63.7 Å². The number of amides is 2. The van der Waals surface area contributed by atoms with Gasteiger partial charge in [0.25, 0.3) is 0 Å². The molecule has 0 spiro atoms. The van der Waals surface area contributed by atoms with Gasteiger partial charge in [-0.25, -0.2) is 14.8 Å². The summed E-state index contributed by atoms with van der Waals surface area (Å²) >= 11 is 5.10. The van der Waals surface area contributed by atoms with Gasteiger partial charge in [0.05, 0.1) is 5.39 Å². The number of carbonyl (C=O) groups excluding carboxylic acids is 1. The lowest BCUT2D eigenvalue weighted by molar-refractivity contribution is 0.262. The first-order valence-electron chi connectivity index (χ1n) is 9.42. The number of nitrogens with two attached hydrogens (primary N) is 1. The van der Waals surface area contributed by atoms with Crippen LogP contribution in [0.15, 0.2) is 53.3 Å². The molecule has 0 saturated heterocycles. The van der Waals surface area contributed by atoms with E-state index in [0.717, 1.165) is 43.5 Å². The monoisotopic (exact) mass is 481 g/mol. The number of nitrogens with zero attached hydrogens (tertiary/aromatic N) is 2. The number of aryl methyl sites for hydroxylation is 2. The molecule has 2 aromatic carbocycles. The van der Waals surface area contributed by atoms with Gasteiger partial charge in [0.1, 0.15) is 17.0 Å². The van der Waals surface area contributed by atoms with Gasteiger partial charge in [0.15, 0.2) is 0 Å². The highest BCUT2D eigenvalue weighted by molar-refractivity contribution is 9.10. The summed E-state index contributed by atoms with van der Waals surface area (Å²) in [6.45, 7) is 4.09. The van der Waals surface area contributed by atoms with E-state index in [4.69, 9.17) is 5.73 Å². The second-order valence-corrected chi connectivity index (χ2v) is 8.75. The third kappa shape index (κ3) is 4.01. The number of benzene rings is 2. The molecule has 30 heavy (non-hydrogen) atoms. The number of hydrogen-bond donors (Lipinski definition) is 3. The van der Waals surface area contributed by atoms with Crippen LogP contribution >= 0.6 is 27.3 Å². The van der Waals surface area contributed by atoms with Gasteiger partial charge in [-0.2, -0.15) is 0 Å². The number of urea groups is 1. The maximum absolute atomic E-state index is 12.3. The van der Waals surface area contributed by atoms with Crippen LogP contribution in [0.4, 0.5) is 22.0 Å². The lowest BCUT2D eigenvalue weighted by Gasteiger charge is -2.10. The summed E-state index contributed by atoms with van der Waals surface area (Å²) in [6, 6.07) is 13.1. The van der Waals surface area contributed by atoms with Gasteiger partial charge in [0.2, 0.25) is 0 Å². The normalized spacial score (nSPS) is 10.9. The Morgan fingerprint density at radius 3 is 2.50 bits per heavy atom. The fourth-order valence-corrected chi connectivity index (χ4v) is 4.65. The van der Waals surface area contributed by atoms with Crippen LogP contribution in [0, 0.1) is 6.92 Å². The Kier molecular flexibility index (Phi) is 5.69. The molecule has 4 aromatic rings. The topological polar surface area (TPSA) is 92.9 Å². The molecule has 0 bridgehead atoms. The number of rotatable bonds is 4. The van der Waals surface area contributed by atoms with Crippen molar-refractivity contribution in [3.63, 3.8) is 0 Å². The standard InChI is InChI=1S/C22H20BrN5OS/c1-3-17-18(19-20(24)25-11-26-21(19)30-17)13-4-6-14(7-5-13)27-22(29)28-15-8-9-16(23)12(2)10-15/h4-11H,3H2,1-2H3,(H2,24,25,26)(H2,27,28,29). The van der Waals surface area contributed by atoms with Crippen LogP contribution in [0.1, 0.15) is 17.4 Å². The van der Waals surface area contributed by atoms with E-state index in [1.165, 1.54) is 11.2 Å². The second kappa shape index (κ2) is 8.41. The van der Waals surface area contributed by atoms with Gasteiger partial charge in [-0.15, -0.1) is 11.3 Å². The largest absolute Gasteiger partial charge is 0.383 e. The predicted molar refractivity (Wildman–Crippen MR) is 128 cm³/mol. The number of hydrogen-bond acceptors (Lipinski definition) is 5. The van der Waals surface area contributed by atoms with Crippen molar-refractivity contribution in [3.8, 4) is 11.1 Å². The van der Waals surface area contributed by atoms with Crippen molar-refractivity contribution < 1.29 is 4.79 Å². The molecule has 8 heteroatoms. The van der Waals surface area contributed by atoms with E-state index in [-0.39, 0.29) is 6.03 Å². The lowest BCUT2D eigenvalue weighted by Crippen LogP contribution is -2.19. The maximum Gasteiger partial charge on any atom is 0.323 e. The maximum atomic E-state index is 12.3. The highest BCUT2D eigenvalue weighted by atomic mass is 79.9. The molecule has 4 N–H and O–H groups in total. The van der Waals surface area contributed by atoms with E-state index in [2.05, 4.69) is 43.5 Å². The van der Waals surface area contributed by atoms with E-state index in [0.29, 0.717) is 11.5 Å². The van der Waals surface area contributed by atoms with Gasteiger partial charge in [0, 0.05) is 26.3 Å². The number of halogens is 1. The number of nitrogen functional groups attached to an aromatic ring is 1. The summed E-state index contributed by atoms with van der Waals surface area (Å²) in [5.41, 5.74) is 10.7. The minimum Gasteiger partial charge on any atom is -0.383 e. The van der Waals surface area contributed by atoms with Crippen molar-refractivity contribution in [2.75, 3.05) is 16.4 Å². The van der Waals surface area contributed by atoms with Crippen LogP contribution < -0.4 is 16.4 Å². The molecule has 0 fully saturated rings. The Labute approximate surface area is 186 Å². The highest BCUT2D eigenvalue weighted by Crippen LogP contribution is 2.40. The summed E-state index contributed by atoms with van der Waals surface area (Å²) < 4.78 is 1.00. The lowest BCUT2D eigenvalue weighted by atomic mass is 10.0. The van der Waals surface area contributed by atoms with Crippen molar-refractivity contribution in [2.45, 2.75) is 20.3 Å². The number of aromatic nitrogens is 2. The molecule has 0 unspecified atom stereocenters. The molecule has 152 valence electrons. The zero-order valence-corrected chi connectivity index (χ0v) is 18.9. The van der Waals surface area contributed by atoms with Crippen LogP contribution in [-0.2, 0) is 6.42 Å². The molecule has 0 saturated carbocycles. The summed E-state index contributed by atoms with van der Waals surface area (Å²) in [5, 5.41) is 6.61. The van der Waals surface area contributed by atoms with Gasteiger partial charge >= 0.3 is 6.03 Å². The van der Waals surface area contributed by atoms with Crippen LogP contribution in [0.25, 0.3) is 21.3 Å². The second-order valence-electron chi connectivity index (χ2n) is 6.81. The van der Waals surface area contributed by atoms with Crippen LogP contribution in [-0.4, -0.2) is 16.0 Å². The molecule has 2 heterocycles. The summed E-state index contributed by atoms with van der Waals surface area (Å²) in [7, 11) is 0. The Balaban J connectivity index is 1.55. The summed E-state index contributed by atoms with van der Waals surface area (Å²) in [4.78, 5) is 23.0. The first kappa shape index (κ1) is 20.3. The van der Waals surface area contributed by atoms with Gasteiger partial charge in [-0.3, -0.25) is 0 Å². The molecule has 0 aliphatic heterocycles. The third-order valence-electron chi connectivity index (χ3n) is 4.76. The van der Waals surface area contributed by atoms with E-state index in [1.807, 2.05) is 49.4 Å². The number of carbonyl (C=O) groups is 1. The summed E-state index contributed by atoms with van der Waals surface area (Å²) in [5.74, 6) is 0.484. The molecule has 2 aromatic heterocycles. The zero-order valence-electron chi connectivity index (χ0n) is 16.5. The Morgan fingerprint density at radius 1 is 1.10 bits per heavy atom. The van der Waals surface area contributed by atoms with Crippen molar-refractivity contribution in [1.29, 1.82) is 0 Å². The molecule has 4 rings (SSSR count). The van der Waals surface area contributed by atoms with Crippen LogP contribution in [0.5, 0.6) is 0 Å². The molecule has 0 radical (unpaired) electrons. The number of nitrogens with one attached hydrogen (secondary N) is 2. The Bertz CT molecular complexity index is 1240. The quantitative estimate of drug-likeness (QED) is 0.322. The Hall–Kier alpha value is -2.97. The zero-order chi connectivity index (χ0) is 21.3. The fourth-order valence-electron chi connectivity index (χ4n) is 3.29. The van der Waals surface area contributed by atoms with E-state index < -0.39 is 0 Å². The highest BCUT2D eigenvalue weighted by Gasteiger charge is 2.17. The smallest absolute Gasteiger partial charge is 0.323 e.